The molecule has 4 heteroatoms. The van der Waals surface area contributed by atoms with Crippen molar-refractivity contribution in [2.75, 3.05) is 19.7 Å². The van der Waals surface area contributed by atoms with Gasteiger partial charge in [-0.05, 0) is 37.8 Å². The van der Waals surface area contributed by atoms with Crippen LogP contribution in [0.4, 0.5) is 0 Å². The van der Waals surface area contributed by atoms with E-state index in [-0.39, 0.29) is 18.6 Å². The van der Waals surface area contributed by atoms with E-state index < -0.39 is 0 Å². The molecule has 1 aromatic rings. The molecule has 122 valence electrons. The number of ether oxygens (including phenoxy) is 1. The molecule has 0 bridgehead atoms. The van der Waals surface area contributed by atoms with Crippen molar-refractivity contribution in [1.82, 2.24) is 10.2 Å². The summed E-state index contributed by atoms with van der Waals surface area (Å²) in [6, 6.07) is 8.55. The van der Waals surface area contributed by atoms with E-state index in [9.17, 15) is 4.79 Å². The molecule has 1 aliphatic heterocycles. The molecule has 1 N–H and O–H groups in total. The summed E-state index contributed by atoms with van der Waals surface area (Å²) >= 11 is 0. The molecule has 4 nitrogen and oxygen atoms in total. The second kappa shape index (κ2) is 7.63. The maximum Gasteiger partial charge on any atom is 0.260 e. The summed E-state index contributed by atoms with van der Waals surface area (Å²) in [7, 11) is 0. The molecule has 1 saturated heterocycles. The standard InChI is InChI=1S/C18H28N2O2/c1-5-13(2)16-8-6-7-9-17(16)22-12-18(21)20-11-10-19-14(3)15(20)4/h6-9,13-15,19H,5,10-12H2,1-4H3. The summed E-state index contributed by atoms with van der Waals surface area (Å²) in [5.41, 5.74) is 1.18. The molecule has 0 aliphatic carbocycles. The average molecular weight is 304 g/mol. The molecule has 3 unspecified atom stereocenters. The molecule has 2 rings (SSSR count). The lowest BCUT2D eigenvalue weighted by Crippen LogP contribution is -2.58. The fourth-order valence-electron chi connectivity index (χ4n) is 2.87. The van der Waals surface area contributed by atoms with Crippen molar-refractivity contribution in [3.05, 3.63) is 29.8 Å². The van der Waals surface area contributed by atoms with Crippen molar-refractivity contribution in [2.45, 2.75) is 52.1 Å². The van der Waals surface area contributed by atoms with E-state index in [2.05, 4.69) is 39.1 Å². The van der Waals surface area contributed by atoms with E-state index >= 15 is 0 Å². The number of carbonyl (C=O) groups excluding carboxylic acids is 1. The van der Waals surface area contributed by atoms with Crippen molar-refractivity contribution in [2.24, 2.45) is 0 Å². The number of benzene rings is 1. The Balaban J connectivity index is 1.99. The third kappa shape index (κ3) is 3.80. The van der Waals surface area contributed by atoms with E-state index in [1.165, 1.54) is 5.56 Å². The highest BCUT2D eigenvalue weighted by Crippen LogP contribution is 2.28. The summed E-state index contributed by atoms with van der Waals surface area (Å²) in [6.45, 7) is 10.3. The zero-order chi connectivity index (χ0) is 16.1. The first-order valence-corrected chi connectivity index (χ1v) is 8.29. The Bertz CT molecular complexity index is 504. The molecule has 1 aliphatic rings. The monoisotopic (exact) mass is 304 g/mol. The normalized spacial score (nSPS) is 23.2. The molecule has 0 spiro atoms. The predicted molar refractivity (Wildman–Crippen MR) is 89.3 cm³/mol. The highest BCUT2D eigenvalue weighted by atomic mass is 16.5. The van der Waals surface area contributed by atoms with Gasteiger partial charge in [0.1, 0.15) is 5.75 Å². The number of nitrogens with zero attached hydrogens (tertiary/aromatic N) is 1. The lowest BCUT2D eigenvalue weighted by molar-refractivity contribution is -0.137. The molecule has 0 saturated carbocycles. The Morgan fingerprint density at radius 1 is 1.41 bits per heavy atom. The van der Waals surface area contributed by atoms with Crippen molar-refractivity contribution in [1.29, 1.82) is 0 Å². The highest BCUT2D eigenvalue weighted by molar-refractivity contribution is 5.78. The number of nitrogens with one attached hydrogen (secondary N) is 1. The second-order valence-corrected chi connectivity index (χ2v) is 6.21. The predicted octanol–water partition coefficient (Wildman–Crippen LogP) is 2.79. The van der Waals surface area contributed by atoms with E-state index in [0.717, 1.165) is 25.3 Å². The Hall–Kier alpha value is -1.55. The fourth-order valence-corrected chi connectivity index (χ4v) is 2.87. The van der Waals surface area contributed by atoms with E-state index in [4.69, 9.17) is 4.74 Å². The quantitative estimate of drug-likeness (QED) is 0.909. The zero-order valence-electron chi connectivity index (χ0n) is 14.1. The summed E-state index contributed by atoms with van der Waals surface area (Å²) in [6.07, 6.45) is 1.06. The van der Waals surface area contributed by atoms with Gasteiger partial charge in [-0.1, -0.05) is 32.0 Å². The number of rotatable bonds is 5. The zero-order valence-corrected chi connectivity index (χ0v) is 14.1. The van der Waals surface area contributed by atoms with Crippen LogP contribution in [-0.4, -0.2) is 42.6 Å². The molecule has 22 heavy (non-hydrogen) atoms. The van der Waals surface area contributed by atoms with Crippen LogP contribution < -0.4 is 10.1 Å². The van der Waals surface area contributed by atoms with Crippen LogP contribution in [0.1, 0.15) is 45.6 Å². The number of hydrogen-bond donors (Lipinski definition) is 1. The number of amides is 1. The molecule has 1 amide bonds. The molecule has 1 fully saturated rings. The SMILES string of the molecule is CCC(C)c1ccccc1OCC(=O)N1CCNC(C)C1C. The summed E-state index contributed by atoms with van der Waals surface area (Å²) in [5.74, 6) is 1.34. The topological polar surface area (TPSA) is 41.6 Å². The lowest BCUT2D eigenvalue weighted by atomic mass is 9.98. The van der Waals surface area contributed by atoms with E-state index in [1.54, 1.807) is 0 Å². The van der Waals surface area contributed by atoms with Gasteiger partial charge >= 0.3 is 0 Å². The third-order valence-electron chi connectivity index (χ3n) is 4.77. The van der Waals surface area contributed by atoms with Crippen LogP contribution >= 0.6 is 0 Å². The molecule has 0 aromatic heterocycles. The number of piperazine rings is 1. The molecule has 1 aromatic carbocycles. The van der Waals surface area contributed by atoms with Crippen molar-refractivity contribution in [3.63, 3.8) is 0 Å². The maximum absolute atomic E-state index is 12.5. The molecule has 0 radical (unpaired) electrons. The van der Waals surface area contributed by atoms with Gasteiger partial charge in [0.25, 0.3) is 5.91 Å². The van der Waals surface area contributed by atoms with Crippen LogP contribution in [0.3, 0.4) is 0 Å². The van der Waals surface area contributed by atoms with Crippen molar-refractivity contribution < 1.29 is 9.53 Å². The van der Waals surface area contributed by atoms with Crippen LogP contribution in [0.25, 0.3) is 0 Å². The maximum atomic E-state index is 12.5. The first-order chi connectivity index (χ1) is 10.5. The van der Waals surface area contributed by atoms with Crippen LogP contribution in [0.5, 0.6) is 5.75 Å². The third-order valence-corrected chi connectivity index (χ3v) is 4.77. The van der Waals surface area contributed by atoms with Crippen LogP contribution in [0.2, 0.25) is 0 Å². The van der Waals surface area contributed by atoms with E-state index in [1.807, 2.05) is 23.1 Å². The average Bonchev–Trinajstić information content (AvgIpc) is 2.54. The smallest absolute Gasteiger partial charge is 0.260 e. The number of hydrogen-bond acceptors (Lipinski definition) is 3. The van der Waals surface area contributed by atoms with Gasteiger partial charge in [0.05, 0.1) is 0 Å². The van der Waals surface area contributed by atoms with Gasteiger partial charge in [0.2, 0.25) is 0 Å². The van der Waals surface area contributed by atoms with Gasteiger partial charge in [-0.15, -0.1) is 0 Å². The van der Waals surface area contributed by atoms with E-state index in [0.29, 0.717) is 12.0 Å². The minimum Gasteiger partial charge on any atom is -0.483 e. The number of carbonyl (C=O) groups is 1. The van der Waals surface area contributed by atoms with Crippen molar-refractivity contribution >= 4 is 5.91 Å². The van der Waals surface area contributed by atoms with Gasteiger partial charge in [0, 0.05) is 25.2 Å². The Labute approximate surface area is 133 Å². The Morgan fingerprint density at radius 2 is 2.14 bits per heavy atom. The fraction of sp³-hybridized carbons (Fsp3) is 0.611. The Morgan fingerprint density at radius 3 is 2.86 bits per heavy atom. The largest absolute Gasteiger partial charge is 0.483 e. The highest BCUT2D eigenvalue weighted by Gasteiger charge is 2.28. The molecule has 1 heterocycles. The van der Waals surface area contributed by atoms with Gasteiger partial charge in [-0.3, -0.25) is 4.79 Å². The Kier molecular flexibility index (Phi) is 5.83. The minimum absolute atomic E-state index is 0.0693. The van der Waals surface area contributed by atoms with Crippen LogP contribution in [-0.2, 0) is 4.79 Å². The van der Waals surface area contributed by atoms with Crippen molar-refractivity contribution in [3.8, 4) is 5.75 Å². The van der Waals surface area contributed by atoms with Gasteiger partial charge < -0.3 is 15.0 Å². The number of para-hydroxylation sites is 1. The lowest BCUT2D eigenvalue weighted by Gasteiger charge is -2.38. The van der Waals surface area contributed by atoms with Gasteiger partial charge in [-0.2, -0.15) is 0 Å². The first kappa shape index (κ1) is 16.8. The molecular weight excluding hydrogens is 276 g/mol. The second-order valence-electron chi connectivity index (χ2n) is 6.21. The first-order valence-electron chi connectivity index (χ1n) is 8.29. The molecule has 3 atom stereocenters. The molecular formula is C18H28N2O2. The minimum atomic E-state index is 0.0693. The van der Waals surface area contributed by atoms with Gasteiger partial charge in [-0.25, -0.2) is 0 Å². The van der Waals surface area contributed by atoms with Gasteiger partial charge in [0.15, 0.2) is 6.61 Å². The van der Waals surface area contributed by atoms with Crippen LogP contribution in [0.15, 0.2) is 24.3 Å². The van der Waals surface area contributed by atoms with Crippen LogP contribution in [0, 0.1) is 0 Å². The summed E-state index contributed by atoms with van der Waals surface area (Å²) < 4.78 is 5.85. The summed E-state index contributed by atoms with van der Waals surface area (Å²) in [4.78, 5) is 14.4. The summed E-state index contributed by atoms with van der Waals surface area (Å²) in [5, 5.41) is 3.39.